The molecule has 0 saturated carbocycles. The topological polar surface area (TPSA) is 70.7 Å². The molecular formula is C24H23N3O3. The molecule has 3 aromatic carbocycles. The van der Waals surface area contributed by atoms with Crippen LogP contribution in [0.3, 0.4) is 0 Å². The van der Waals surface area contributed by atoms with E-state index in [-0.39, 0.29) is 11.9 Å². The van der Waals surface area contributed by atoms with Crippen molar-refractivity contribution in [3.8, 4) is 5.75 Å². The lowest BCUT2D eigenvalue weighted by Gasteiger charge is -2.30. The van der Waals surface area contributed by atoms with Gasteiger partial charge in [-0.3, -0.25) is 4.79 Å². The molecule has 6 nitrogen and oxygen atoms in total. The van der Waals surface area contributed by atoms with Gasteiger partial charge in [0, 0.05) is 23.5 Å². The van der Waals surface area contributed by atoms with E-state index in [1.165, 1.54) is 0 Å². The first-order valence-corrected chi connectivity index (χ1v) is 9.86. The van der Waals surface area contributed by atoms with Crippen LogP contribution in [0.1, 0.15) is 22.3 Å². The van der Waals surface area contributed by atoms with Gasteiger partial charge < -0.3 is 20.3 Å². The summed E-state index contributed by atoms with van der Waals surface area (Å²) >= 11 is 0. The number of aryl methyl sites for hydroxylation is 1. The number of nitrogens with one attached hydrogen (secondary N) is 2. The number of carbonyl (C=O) groups is 2. The lowest BCUT2D eigenvalue weighted by atomic mass is 10.00. The second-order valence-electron chi connectivity index (χ2n) is 7.05. The minimum Gasteiger partial charge on any atom is -0.495 e. The first-order chi connectivity index (χ1) is 14.7. The molecule has 3 aromatic rings. The van der Waals surface area contributed by atoms with Crippen molar-refractivity contribution in [3.05, 3.63) is 83.9 Å². The molecule has 0 saturated heterocycles. The summed E-state index contributed by atoms with van der Waals surface area (Å²) in [6.45, 7) is 0.682. The average Bonchev–Trinajstić information content (AvgIpc) is 2.79. The van der Waals surface area contributed by atoms with Crippen LogP contribution >= 0.6 is 0 Å². The van der Waals surface area contributed by atoms with Crippen LogP contribution in [0.2, 0.25) is 0 Å². The summed E-state index contributed by atoms with van der Waals surface area (Å²) in [6, 6.07) is 21.8. The SMILES string of the molecule is COc1ccccc1NC(=O)Nc1ccc2c(c1)CCCN2C(=O)c1ccccc1. The molecule has 0 spiro atoms. The van der Waals surface area contributed by atoms with E-state index in [0.717, 1.165) is 24.1 Å². The summed E-state index contributed by atoms with van der Waals surface area (Å²) in [6.07, 6.45) is 1.74. The van der Waals surface area contributed by atoms with E-state index in [2.05, 4.69) is 10.6 Å². The second-order valence-corrected chi connectivity index (χ2v) is 7.05. The third-order valence-corrected chi connectivity index (χ3v) is 5.08. The highest BCUT2D eigenvalue weighted by Gasteiger charge is 2.23. The van der Waals surface area contributed by atoms with Crippen molar-refractivity contribution in [2.45, 2.75) is 12.8 Å². The van der Waals surface area contributed by atoms with Crippen LogP contribution in [0.25, 0.3) is 0 Å². The Bertz CT molecular complexity index is 1070. The van der Waals surface area contributed by atoms with Crippen LogP contribution in [0.5, 0.6) is 5.75 Å². The van der Waals surface area contributed by atoms with Gasteiger partial charge in [0.25, 0.3) is 5.91 Å². The molecule has 4 rings (SSSR count). The molecule has 6 heteroatoms. The van der Waals surface area contributed by atoms with Crippen molar-refractivity contribution in [2.75, 3.05) is 29.2 Å². The van der Waals surface area contributed by atoms with E-state index in [9.17, 15) is 9.59 Å². The normalized spacial score (nSPS) is 12.6. The maximum atomic E-state index is 12.9. The zero-order valence-corrected chi connectivity index (χ0v) is 16.7. The number of rotatable bonds is 4. The van der Waals surface area contributed by atoms with E-state index >= 15 is 0 Å². The summed E-state index contributed by atoms with van der Waals surface area (Å²) in [5, 5.41) is 5.66. The Balaban J connectivity index is 1.50. The molecule has 0 atom stereocenters. The highest BCUT2D eigenvalue weighted by atomic mass is 16.5. The summed E-state index contributed by atoms with van der Waals surface area (Å²) < 4.78 is 5.26. The molecule has 0 aliphatic carbocycles. The molecule has 30 heavy (non-hydrogen) atoms. The quantitative estimate of drug-likeness (QED) is 0.651. The van der Waals surface area contributed by atoms with E-state index in [1.807, 2.05) is 65.6 Å². The lowest BCUT2D eigenvalue weighted by molar-refractivity contribution is 0.0985. The first-order valence-electron chi connectivity index (χ1n) is 9.86. The van der Waals surface area contributed by atoms with Crippen molar-refractivity contribution in [1.29, 1.82) is 0 Å². The van der Waals surface area contributed by atoms with E-state index < -0.39 is 0 Å². The predicted octanol–water partition coefficient (Wildman–Crippen LogP) is 4.93. The fourth-order valence-corrected chi connectivity index (χ4v) is 3.65. The molecule has 2 N–H and O–H groups in total. The van der Waals surface area contributed by atoms with Crippen LogP contribution < -0.4 is 20.3 Å². The molecule has 1 aliphatic rings. The van der Waals surface area contributed by atoms with E-state index in [4.69, 9.17) is 4.74 Å². The van der Waals surface area contributed by atoms with Crippen LogP contribution in [0.15, 0.2) is 72.8 Å². The zero-order chi connectivity index (χ0) is 20.9. The van der Waals surface area contributed by atoms with Gasteiger partial charge in [-0.15, -0.1) is 0 Å². The maximum Gasteiger partial charge on any atom is 0.323 e. The Morgan fingerprint density at radius 1 is 0.933 bits per heavy atom. The minimum absolute atomic E-state index is 0.00817. The predicted molar refractivity (Wildman–Crippen MR) is 119 cm³/mol. The molecule has 1 aliphatic heterocycles. The molecular weight excluding hydrogens is 378 g/mol. The van der Waals surface area contributed by atoms with Crippen LogP contribution in [-0.2, 0) is 6.42 Å². The molecule has 0 aromatic heterocycles. The molecule has 0 unspecified atom stereocenters. The number of methoxy groups -OCH3 is 1. The molecule has 0 fully saturated rings. The lowest BCUT2D eigenvalue weighted by Crippen LogP contribution is -2.35. The van der Waals surface area contributed by atoms with Crippen LogP contribution in [0, 0.1) is 0 Å². The first kappa shape index (κ1) is 19.5. The number of nitrogens with zero attached hydrogens (tertiary/aromatic N) is 1. The summed E-state index contributed by atoms with van der Waals surface area (Å²) in [5.41, 5.74) is 3.88. The van der Waals surface area contributed by atoms with E-state index in [0.29, 0.717) is 29.2 Å². The molecule has 1 heterocycles. The van der Waals surface area contributed by atoms with Gasteiger partial charge in [0.1, 0.15) is 5.75 Å². The van der Waals surface area contributed by atoms with Crippen molar-refractivity contribution < 1.29 is 14.3 Å². The van der Waals surface area contributed by atoms with Gasteiger partial charge in [0.2, 0.25) is 0 Å². The minimum atomic E-state index is -0.354. The number of hydrogen-bond acceptors (Lipinski definition) is 3. The Labute approximate surface area is 175 Å². The Hall–Kier alpha value is -3.80. The fourth-order valence-electron chi connectivity index (χ4n) is 3.65. The average molecular weight is 401 g/mol. The van der Waals surface area contributed by atoms with Gasteiger partial charge >= 0.3 is 6.03 Å². The van der Waals surface area contributed by atoms with Crippen molar-refractivity contribution in [2.24, 2.45) is 0 Å². The summed E-state index contributed by atoms with van der Waals surface area (Å²) in [4.78, 5) is 27.2. The van der Waals surface area contributed by atoms with Crippen molar-refractivity contribution in [1.82, 2.24) is 0 Å². The largest absolute Gasteiger partial charge is 0.495 e. The number of amides is 3. The number of ether oxygens (including phenoxy) is 1. The van der Waals surface area contributed by atoms with Gasteiger partial charge in [-0.2, -0.15) is 0 Å². The van der Waals surface area contributed by atoms with Gasteiger partial charge in [-0.25, -0.2) is 4.79 Å². The smallest absolute Gasteiger partial charge is 0.323 e. The number of fused-ring (bicyclic) bond motifs is 1. The van der Waals surface area contributed by atoms with Gasteiger partial charge in [0.15, 0.2) is 0 Å². The Kier molecular flexibility index (Phi) is 5.66. The Morgan fingerprint density at radius 3 is 2.50 bits per heavy atom. The number of hydrogen-bond donors (Lipinski definition) is 2. The number of para-hydroxylation sites is 2. The molecule has 0 bridgehead atoms. The highest BCUT2D eigenvalue weighted by Crippen LogP contribution is 2.31. The van der Waals surface area contributed by atoms with Crippen molar-refractivity contribution >= 4 is 29.0 Å². The summed E-state index contributed by atoms with van der Waals surface area (Å²) in [5.74, 6) is 0.583. The number of anilines is 3. The fraction of sp³-hybridized carbons (Fsp3) is 0.167. The third kappa shape index (κ3) is 4.12. The number of carbonyl (C=O) groups excluding carboxylic acids is 2. The second kappa shape index (κ2) is 8.69. The standard InChI is InChI=1S/C24H23N3O3/c1-30-22-12-6-5-11-20(22)26-24(29)25-19-13-14-21-18(16-19)10-7-15-27(21)23(28)17-8-3-2-4-9-17/h2-6,8-9,11-14,16H,7,10,15H2,1H3,(H2,25,26,29). The Morgan fingerprint density at radius 2 is 1.70 bits per heavy atom. The molecule has 0 radical (unpaired) electrons. The van der Waals surface area contributed by atoms with Crippen LogP contribution in [-0.4, -0.2) is 25.6 Å². The zero-order valence-electron chi connectivity index (χ0n) is 16.7. The summed E-state index contributed by atoms with van der Waals surface area (Å²) in [7, 11) is 1.56. The van der Waals surface area contributed by atoms with E-state index in [1.54, 1.807) is 19.2 Å². The highest BCUT2D eigenvalue weighted by molar-refractivity contribution is 6.07. The number of urea groups is 1. The monoisotopic (exact) mass is 401 g/mol. The molecule has 152 valence electrons. The van der Waals surface area contributed by atoms with Gasteiger partial charge in [0.05, 0.1) is 12.8 Å². The maximum absolute atomic E-state index is 12.9. The number of benzene rings is 3. The van der Waals surface area contributed by atoms with Gasteiger partial charge in [-0.1, -0.05) is 30.3 Å². The third-order valence-electron chi connectivity index (χ3n) is 5.08. The van der Waals surface area contributed by atoms with Crippen LogP contribution in [0.4, 0.5) is 21.9 Å². The molecule has 3 amide bonds. The van der Waals surface area contributed by atoms with Crippen molar-refractivity contribution in [3.63, 3.8) is 0 Å². The van der Waals surface area contributed by atoms with Gasteiger partial charge in [-0.05, 0) is 60.9 Å².